The molecule has 2 aliphatic heterocycles. The number of hydrogen-bond donors (Lipinski definition) is 2. The molecule has 0 spiro atoms. The lowest BCUT2D eigenvalue weighted by molar-refractivity contribution is -0.161. The highest BCUT2D eigenvalue weighted by Gasteiger charge is 2.55. The van der Waals surface area contributed by atoms with E-state index in [1.165, 1.54) is 0 Å². The van der Waals surface area contributed by atoms with Crippen LogP contribution in [0.15, 0.2) is 30.5 Å². The Morgan fingerprint density at radius 2 is 1.79 bits per heavy atom. The number of aromatic amines is 1. The van der Waals surface area contributed by atoms with E-state index in [9.17, 15) is 9.90 Å². The Morgan fingerprint density at radius 1 is 1.17 bits per heavy atom. The number of aromatic nitrogens is 1. The Kier molecular flexibility index (Phi) is 3.31. The first-order chi connectivity index (χ1) is 11.3. The van der Waals surface area contributed by atoms with Gasteiger partial charge in [-0.3, -0.25) is 4.79 Å². The third-order valence-corrected chi connectivity index (χ3v) is 5.79. The van der Waals surface area contributed by atoms with E-state index in [0.29, 0.717) is 13.1 Å². The van der Waals surface area contributed by atoms with Crippen LogP contribution < -0.4 is 0 Å². The summed E-state index contributed by atoms with van der Waals surface area (Å²) >= 11 is 0. The van der Waals surface area contributed by atoms with Gasteiger partial charge in [-0.1, -0.05) is 32.0 Å². The van der Waals surface area contributed by atoms with Gasteiger partial charge in [0.05, 0.1) is 11.7 Å². The number of benzene rings is 1. The zero-order chi connectivity index (χ0) is 17.1. The van der Waals surface area contributed by atoms with E-state index in [0.717, 1.165) is 29.6 Å². The molecule has 5 heteroatoms. The number of hydrogen-bond acceptors (Lipinski definition) is 3. The Balaban J connectivity index is 1.69. The predicted octanol–water partition coefficient (Wildman–Crippen LogP) is 1.94. The molecule has 2 saturated heterocycles. The fourth-order valence-corrected chi connectivity index (χ4v) is 5.07. The number of H-pyrrole nitrogens is 1. The Labute approximate surface area is 142 Å². The number of aliphatic hydroxyl groups is 1. The molecule has 4 rings (SSSR count). The highest BCUT2D eigenvalue weighted by atomic mass is 16.3. The van der Waals surface area contributed by atoms with Crippen molar-refractivity contribution >= 4 is 16.8 Å². The van der Waals surface area contributed by atoms with Crippen molar-refractivity contribution in [2.24, 2.45) is 10.8 Å². The van der Waals surface area contributed by atoms with Crippen LogP contribution in [0.2, 0.25) is 0 Å². The number of amides is 1. The molecule has 2 N–H and O–H groups in total. The van der Waals surface area contributed by atoms with Gasteiger partial charge >= 0.3 is 0 Å². The SMILES string of the molecule is CN1CC2(C)CN(C(=O)c3c[nH]c4ccccc34)CC(C)(C1)C2O. The maximum atomic E-state index is 13.2. The van der Waals surface area contributed by atoms with E-state index < -0.39 is 0 Å². The summed E-state index contributed by atoms with van der Waals surface area (Å²) in [7, 11) is 2.10. The van der Waals surface area contributed by atoms with Crippen LogP contribution in [0.1, 0.15) is 24.2 Å². The number of fused-ring (bicyclic) bond motifs is 3. The van der Waals surface area contributed by atoms with Crippen molar-refractivity contribution in [1.82, 2.24) is 14.8 Å². The van der Waals surface area contributed by atoms with E-state index in [1.807, 2.05) is 35.4 Å². The molecule has 2 atom stereocenters. The minimum absolute atomic E-state index is 0.0568. The van der Waals surface area contributed by atoms with Crippen molar-refractivity contribution in [3.8, 4) is 0 Å². The monoisotopic (exact) mass is 327 g/mol. The lowest BCUT2D eigenvalue weighted by atomic mass is 9.63. The summed E-state index contributed by atoms with van der Waals surface area (Å²) in [6, 6.07) is 7.89. The molecule has 2 aromatic rings. The summed E-state index contributed by atoms with van der Waals surface area (Å²) < 4.78 is 0. The second-order valence-electron chi connectivity index (χ2n) is 8.29. The highest BCUT2D eigenvalue weighted by molar-refractivity contribution is 6.06. The Hall–Kier alpha value is -1.85. The van der Waals surface area contributed by atoms with Crippen LogP contribution in [0.25, 0.3) is 10.9 Å². The minimum atomic E-state index is -0.381. The molecule has 1 amide bonds. The number of para-hydroxylation sites is 1. The van der Waals surface area contributed by atoms with Crippen molar-refractivity contribution in [2.45, 2.75) is 20.0 Å². The van der Waals surface area contributed by atoms with E-state index in [2.05, 4.69) is 30.8 Å². The third kappa shape index (κ3) is 2.19. The Bertz CT molecular complexity index is 779. The van der Waals surface area contributed by atoms with Gasteiger partial charge in [0.25, 0.3) is 5.91 Å². The zero-order valence-corrected chi connectivity index (χ0v) is 14.5. The van der Waals surface area contributed by atoms with Gasteiger partial charge in [0.2, 0.25) is 0 Å². The number of carbonyl (C=O) groups excluding carboxylic acids is 1. The molecule has 3 heterocycles. The topological polar surface area (TPSA) is 59.6 Å². The lowest BCUT2D eigenvalue weighted by Gasteiger charge is -2.59. The number of piperidine rings is 2. The molecule has 24 heavy (non-hydrogen) atoms. The first-order valence-corrected chi connectivity index (χ1v) is 8.54. The van der Waals surface area contributed by atoms with E-state index in [4.69, 9.17) is 0 Å². The molecule has 2 fully saturated rings. The molecule has 2 unspecified atom stereocenters. The molecule has 1 aromatic carbocycles. The van der Waals surface area contributed by atoms with E-state index in [1.54, 1.807) is 0 Å². The van der Waals surface area contributed by atoms with Gasteiger partial charge < -0.3 is 19.9 Å². The summed E-state index contributed by atoms with van der Waals surface area (Å²) in [6.07, 6.45) is 1.43. The van der Waals surface area contributed by atoms with Crippen LogP contribution >= 0.6 is 0 Å². The number of nitrogens with one attached hydrogen (secondary N) is 1. The summed E-state index contributed by atoms with van der Waals surface area (Å²) in [5, 5.41) is 11.8. The van der Waals surface area contributed by atoms with Gasteiger partial charge in [0.15, 0.2) is 0 Å². The van der Waals surface area contributed by atoms with Gasteiger partial charge in [-0.15, -0.1) is 0 Å². The molecule has 1 aromatic heterocycles. The van der Waals surface area contributed by atoms with Crippen molar-refractivity contribution < 1.29 is 9.90 Å². The number of likely N-dealkylation sites (tertiary alicyclic amines) is 2. The van der Waals surface area contributed by atoms with Crippen LogP contribution in [0, 0.1) is 10.8 Å². The normalized spacial score (nSPS) is 33.8. The van der Waals surface area contributed by atoms with E-state index in [-0.39, 0.29) is 22.8 Å². The Morgan fingerprint density at radius 3 is 2.46 bits per heavy atom. The fourth-order valence-electron chi connectivity index (χ4n) is 5.07. The average Bonchev–Trinajstić information content (AvgIpc) is 2.94. The lowest BCUT2D eigenvalue weighted by Crippen LogP contribution is -2.70. The quantitative estimate of drug-likeness (QED) is 0.841. The largest absolute Gasteiger partial charge is 0.392 e. The number of aliphatic hydroxyl groups excluding tert-OH is 1. The van der Waals surface area contributed by atoms with Crippen LogP contribution in [-0.2, 0) is 0 Å². The van der Waals surface area contributed by atoms with Gasteiger partial charge in [0, 0.05) is 54.1 Å². The second-order valence-corrected chi connectivity index (χ2v) is 8.29. The molecule has 5 nitrogen and oxygen atoms in total. The molecule has 128 valence electrons. The minimum Gasteiger partial charge on any atom is -0.392 e. The number of nitrogens with zero attached hydrogens (tertiary/aromatic N) is 2. The van der Waals surface area contributed by atoms with Crippen LogP contribution in [0.3, 0.4) is 0 Å². The maximum absolute atomic E-state index is 13.2. The van der Waals surface area contributed by atoms with E-state index >= 15 is 0 Å². The van der Waals surface area contributed by atoms with Crippen LogP contribution in [0.4, 0.5) is 0 Å². The van der Waals surface area contributed by atoms with Crippen LogP contribution in [0.5, 0.6) is 0 Å². The first kappa shape index (κ1) is 15.7. The molecule has 2 bridgehead atoms. The average molecular weight is 327 g/mol. The van der Waals surface area contributed by atoms with Gasteiger partial charge in [-0.05, 0) is 13.1 Å². The maximum Gasteiger partial charge on any atom is 0.256 e. The summed E-state index contributed by atoms with van der Waals surface area (Å²) in [6.45, 7) is 6.99. The predicted molar refractivity (Wildman–Crippen MR) is 93.9 cm³/mol. The highest BCUT2D eigenvalue weighted by Crippen LogP contribution is 2.45. The molecular formula is C19H25N3O2. The van der Waals surface area contributed by atoms with Crippen molar-refractivity contribution in [3.05, 3.63) is 36.0 Å². The van der Waals surface area contributed by atoms with Crippen molar-refractivity contribution in [1.29, 1.82) is 0 Å². The summed E-state index contributed by atoms with van der Waals surface area (Å²) in [5.41, 5.74) is 1.12. The smallest absolute Gasteiger partial charge is 0.256 e. The number of carbonyl (C=O) groups is 1. The molecule has 0 saturated carbocycles. The van der Waals surface area contributed by atoms with Crippen molar-refractivity contribution in [2.75, 3.05) is 33.2 Å². The van der Waals surface area contributed by atoms with Gasteiger partial charge in [0.1, 0.15) is 0 Å². The molecular weight excluding hydrogens is 302 g/mol. The number of rotatable bonds is 1. The molecule has 0 radical (unpaired) electrons. The molecule has 2 aliphatic rings. The summed E-state index contributed by atoms with van der Waals surface area (Å²) in [4.78, 5) is 20.6. The summed E-state index contributed by atoms with van der Waals surface area (Å²) in [5.74, 6) is 0.0568. The van der Waals surface area contributed by atoms with Crippen molar-refractivity contribution in [3.63, 3.8) is 0 Å². The zero-order valence-electron chi connectivity index (χ0n) is 14.5. The fraction of sp³-hybridized carbons (Fsp3) is 0.526. The molecule has 0 aliphatic carbocycles. The first-order valence-electron chi connectivity index (χ1n) is 8.54. The van der Waals surface area contributed by atoms with Crippen LogP contribution in [-0.4, -0.2) is 65.1 Å². The third-order valence-electron chi connectivity index (χ3n) is 5.79. The standard InChI is InChI=1S/C19H25N3O2/c1-18-9-21(3)10-19(2,17(18)24)12-22(11-18)16(23)14-8-20-15-7-5-4-6-13(14)15/h4-8,17,20,24H,9-12H2,1-3H3. The second kappa shape index (κ2) is 5.07. The van der Waals surface area contributed by atoms with Gasteiger partial charge in [-0.2, -0.15) is 0 Å². The van der Waals surface area contributed by atoms with Gasteiger partial charge in [-0.25, -0.2) is 0 Å².